The zero-order valence-corrected chi connectivity index (χ0v) is 9.95. The highest BCUT2D eigenvalue weighted by Gasteiger charge is 2.16. The van der Waals surface area contributed by atoms with Gasteiger partial charge in [-0.1, -0.05) is 26.0 Å². The van der Waals surface area contributed by atoms with Crippen molar-refractivity contribution in [1.82, 2.24) is 0 Å². The van der Waals surface area contributed by atoms with Crippen LogP contribution in [-0.2, 0) is 4.79 Å². The van der Waals surface area contributed by atoms with Crippen LogP contribution in [0.2, 0.25) is 0 Å². The highest BCUT2D eigenvalue weighted by Crippen LogP contribution is 2.17. The van der Waals surface area contributed by atoms with Gasteiger partial charge in [-0.25, -0.2) is 0 Å². The highest BCUT2D eigenvalue weighted by atomic mass is 16.2. The van der Waals surface area contributed by atoms with Crippen LogP contribution in [0.25, 0.3) is 0 Å². The molecule has 1 atom stereocenters. The predicted molar refractivity (Wildman–Crippen MR) is 64.0 cm³/mol. The Morgan fingerprint density at radius 3 is 2.67 bits per heavy atom. The smallest absolute Gasteiger partial charge is 0.229 e. The molecule has 1 rings (SSSR count). The number of amides is 1. The number of aryl methyl sites for hydroxylation is 1. The van der Waals surface area contributed by atoms with Gasteiger partial charge in [0.1, 0.15) is 0 Å². The van der Waals surface area contributed by atoms with E-state index < -0.39 is 0 Å². The molecule has 0 heterocycles. The summed E-state index contributed by atoms with van der Waals surface area (Å²) < 4.78 is 0. The van der Waals surface area contributed by atoms with Crippen molar-refractivity contribution in [2.24, 2.45) is 5.92 Å². The molecular formula is C13H19NO. The molecule has 0 aliphatic heterocycles. The summed E-state index contributed by atoms with van der Waals surface area (Å²) in [7, 11) is 1.84. The average Bonchev–Trinajstić information content (AvgIpc) is 2.26. The Bertz CT molecular complexity index is 346. The maximum absolute atomic E-state index is 11.9. The summed E-state index contributed by atoms with van der Waals surface area (Å²) in [5.74, 6) is 0.276. The molecule has 0 saturated carbocycles. The first kappa shape index (κ1) is 11.8. The molecule has 82 valence electrons. The molecule has 1 aromatic carbocycles. The Balaban J connectivity index is 2.85. The van der Waals surface area contributed by atoms with E-state index in [0.29, 0.717) is 0 Å². The minimum absolute atomic E-state index is 0.0931. The summed E-state index contributed by atoms with van der Waals surface area (Å²) in [6.45, 7) is 6.03. The van der Waals surface area contributed by atoms with Crippen molar-refractivity contribution < 1.29 is 4.79 Å². The van der Waals surface area contributed by atoms with E-state index in [9.17, 15) is 4.79 Å². The second-order valence-electron chi connectivity index (χ2n) is 4.05. The molecule has 2 nitrogen and oxygen atoms in total. The number of hydrogen-bond donors (Lipinski definition) is 0. The normalized spacial score (nSPS) is 12.3. The van der Waals surface area contributed by atoms with Crippen LogP contribution in [0.15, 0.2) is 24.3 Å². The molecule has 0 radical (unpaired) electrons. The number of rotatable bonds is 3. The fourth-order valence-electron chi connectivity index (χ4n) is 1.47. The van der Waals surface area contributed by atoms with E-state index in [1.807, 2.05) is 52.1 Å². The van der Waals surface area contributed by atoms with Crippen molar-refractivity contribution in [1.29, 1.82) is 0 Å². The van der Waals surface area contributed by atoms with Crippen molar-refractivity contribution in [2.75, 3.05) is 11.9 Å². The van der Waals surface area contributed by atoms with E-state index in [-0.39, 0.29) is 11.8 Å². The van der Waals surface area contributed by atoms with E-state index in [1.165, 1.54) is 5.56 Å². The summed E-state index contributed by atoms with van der Waals surface area (Å²) >= 11 is 0. The maximum atomic E-state index is 11.9. The summed E-state index contributed by atoms with van der Waals surface area (Å²) in [5, 5.41) is 0. The lowest BCUT2D eigenvalue weighted by molar-refractivity contribution is -0.121. The van der Waals surface area contributed by atoms with Crippen molar-refractivity contribution in [3.8, 4) is 0 Å². The van der Waals surface area contributed by atoms with Gasteiger partial charge in [0.25, 0.3) is 0 Å². The number of anilines is 1. The lowest BCUT2D eigenvalue weighted by Crippen LogP contribution is -2.31. The molecule has 0 aliphatic carbocycles. The Morgan fingerprint density at radius 1 is 1.47 bits per heavy atom. The molecule has 1 amide bonds. The second-order valence-corrected chi connectivity index (χ2v) is 4.05. The molecule has 1 aromatic rings. The minimum Gasteiger partial charge on any atom is -0.315 e. The monoisotopic (exact) mass is 205 g/mol. The van der Waals surface area contributed by atoms with E-state index >= 15 is 0 Å². The molecule has 1 unspecified atom stereocenters. The van der Waals surface area contributed by atoms with Crippen LogP contribution >= 0.6 is 0 Å². The van der Waals surface area contributed by atoms with Crippen LogP contribution in [0.3, 0.4) is 0 Å². The summed E-state index contributed by atoms with van der Waals surface area (Å²) in [6, 6.07) is 8.00. The van der Waals surface area contributed by atoms with Gasteiger partial charge in [0, 0.05) is 18.7 Å². The minimum atomic E-state index is 0.0931. The van der Waals surface area contributed by atoms with Crippen LogP contribution in [0.1, 0.15) is 25.8 Å². The van der Waals surface area contributed by atoms with Crippen molar-refractivity contribution in [3.05, 3.63) is 29.8 Å². The van der Waals surface area contributed by atoms with Gasteiger partial charge in [0.15, 0.2) is 0 Å². The average molecular weight is 205 g/mol. The third-order valence-electron chi connectivity index (χ3n) is 2.75. The molecular weight excluding hydrogens is 186 g/mol. The second kappa shape index (κ2) is 4.96. The van der Waals surface area contributed by atoms with Gasteiger partial charge in [-0.2, -0.15) is 0 Å². The van der Waals surface area contributed by atoms with Crippen LogP contribution in [0.4, 0.5) is 5.69 Å². The fourth-order valence-corrected chi connectivity index (χ4v) is 1.47. The van der Waals surface area contributed by atoms with Crippen LogP contribution < -0.4 is 4.90 Å². The number of nitrogens with zero attached hydrogens (tertiary/aromatic N) is 1. The largest absolute Gasteiger partial charge is 0.315 e. The molecule has 15 heavy (non-hydrogen) atoms. The summed E-state index contributed by atoms with van der Waals surface area (Å²) in [6.07, 6.45) is 0.884. The number of benzene rings is 1. The van der Waals surface area contributed by atoms with Gasteiger partial charge in [-0.15, -0.1) is 0 Å². The van der Waals surface area contributed by atoms with E-state index in [0.717, 1.165) is 12.1 Å². The lowest BCUT2D eigenvalue weighted by atomic mass is 10.1. The van der Waals surface area contributed by atoms with Crippen LogP contribution in [-0.4, -0.2) is 13.0 Å². The zero-order chi connectivity index (χ0) is 11.4. The highest BCUT2D eigenvalue weighted by molar-refractivity contribution is 5.94. The number of carbonyl (C=O) groups is 1. The molecule has 0 N–H and O–H groups in total. The standard InChI is InChI=1S/C13H19NO/c1-5-11(3)13(15)14(4)12-8-6-7-10(2)9-12/h6-9,11H,5H2,1-4H3. The van der Waals surface area contributed by atoms with Crippen LogP contribution in [0, 0.1) is 12.8 Å². The number of carbonyl (C=O) groups excluding carboxylic acids is 1. The first-order valence-electron chi connectivity index (χ1n) is 5.40. The molecule has 0 aromatic heterocycles. The Hall–Kier alpha value is -1.31. The quantitative estimate of drug-likeness (QED) is 0.742. The summed E-state index contributed by atoms with van der Waals surface area (Å²) in [4.78, 5) is 13.6. The topological polar surface area (TPSA) is 20.3 Å². The molecule has 0 aliphatic rings. The first-order chi connectivity index (χ1) is 7.06. The van der Waals surface area contributed by atoms with E-state index in [1.54, 1.807) is 4.90 Å². The Labute approximate surface area is 91.9 Å². The Morgan fingerprint density at radius 2 is 2.13 bits per heavy atom. The lowest BCUT2D eigenvalue weighted by Gasteiger charge is -2.21. The third-order valence-corrected chi connectivity index (χ3v) is 2.75. The van der Waals surface area contributed by atoms with Gasteiger partial charge >= 0.3 is 0 Å². The molecule has 2 heteroatoms. The van der Waals surface area contributed by atoms with Crippen molar-refractivity contribution in [2.45, 2.75) is 27.2 Å². The van der Waals surface area contributed by atoms with Crippen molar-refractivity contribution >= 4 is 11.6 Å². The van der Waals surface area contributed by atoms with E-state index in [2.05, 4.69) is 0 Å². The maximum Gasteiger partial charge on any atom is 0.229 e. The summed E-state index contributed by atoms with van der Waals surface area (Å²) in [5.41, 5.74) is 2.15. The third kappa shape index (κ3) is 2.82. The molecule has 0 saturated heterocycles. The van der Waals surface area contributed by atoms with Gasteiger partial charge in [0.2, 0.25) is 5.91 Å². The Kier molecular flexibility index (Phi) is 3.89. The number of hydrogen-bond acceptors (Lipinski definition) is 1. The molecule has 0 fully saturated rings. The van der Waals surface area contributed by atoms with Gasteiger partial charge in [0.05, 0.1) is 0 Å². The van der Waals surface area contributed by atoms with Crippen molar-refractivity contribution in [3.63, 3.8) is 0 Å². The zero-order valence-electron chi connectivity index (χ0n) is 9.95. The fraction of sp³-hybridized carbons (Fsp3) is 0.462. The first-order valence-corrected chi connectivity index (χ1v) is 5.40. The predicted octanol–water partition coefficient (Wildman–Crippen LogP) is 3.00. The SMILES string of the molecule is CCC(C)C(=O)N(C)c1cccc(C)c1. The van der Waals surface area contributed by atoms with E-state index in [4.69, 9.17) is 0 Å². The van der Waals surface area contributed by atoms with Crippen LogP contribution in [0.5, 0.6) is 0 Å². The van der Waals surface area contributed by atoms with Gasteiger partial charge < -0.3 is 4.90 Å². The molecule has 0 spiro atoms. The van der Waals surface area contributed by atoms with Gasteiger partial charge in [-0.05, 0) is 31.0 Å². The molecule has 0 bridgehead atoms. The van der Waals surface area contributed by atoms with Gasteiger partial charge in [-0.3, -0.25) is 4.79 Å².